The van der Waals surface area contributed by atoms with Gasteiger partial charge in [0.1, 0.15) is 5.82 Å². The van der Waals surface area contributed by atoms with Crippen molar-refractivity contribution in [2.75, 3.05) is 23.6 Å². The van der Waals surface area contributed by atoms with Crippen LogP contribution < -0.4 is 19.7 Å². The maximum Gasteiger partial charge on any atom is 0.231 e. The van der Waals surface area contributed by atoms with Crippen LogP contribution in [0.1, 0.15) is 12.1 Å². The Bertz CT molecular complexity index is 852. The third kappa shape index (κ3) is 3.00. The number of anilines is 2. The summed E-state index contributed by atoms with van der Waals surface area (Å²) in [6.45, 7) is 2.37. The van der Waals surface area contributed by atoms with Gasteiger partial charge in [0.05, 0.1) is 5.92 Å². The van der Waals surface area contributed by atoms with Crippen LogP contribution in [0.25, 0.3) is 0 Å². The zero-order chi connectivity index (χ0) is 17.4. The topological polar surface area (TPSA) is 80.8 Å². The molecular formula is C18H17N3O4. The van der Waals surface area contributed by atoms with Crippen LogP contribution in [0.15, 0.2) is 36.4 Å². The third-order valence-corrected chi connectivity index (χ3v) is 4.30. The summed E-state index contributed by atoms with van der Waals surface area (Å²) in [6.07, 6.45) is 0.173. The number of aromatic nitrogens is 1. The molecule has 3 heterocycles. The number of aryl methyl sites for hydroxylation is 1. The second-order valence-corrected chi connectivity index (χ2v) is 6.10. The maximum atomic E-state index is 12.5. The van der Waals surface area contributed by atoms with E-state index in [1.165, 1.54) is 0 Å². The largest absolute Gasteiger partial charge is 0.454 e. The Hall–Kier alpha value is -3.09. The Balaban J connectivity index is 1.47. The lowest BCUT2D eigenvalue weighted by Crippen LogP contribution is -2.28. The smallest absolute Gasteiger partial charge is 0.231 e. The van der Waals surface area contributed by atoms with E-state index in [1.54, 1.807) is 29.2 Å². The maximum absolute atomic E-state index is 12.5. The van der Waals surface area contributed by atoms with E-state index in [2.05, 4.69) is 10.3 Å². The molecule has 0 spiro atoms. The predicted octanol–water partition coefficient (Wildman–Crippen LogP) is 2.11. The molecule has 0 bridgehead atoms. The van der Waals surface area contributed by atoms with E-state index in [9.17, 15) is 9.59 Å². The van der Waals surface area contributed by atoms with Crippen LogP contribution >= 0.6 is 0 Å². The van der Waals surface area contributed by atoms with Crippen molar-refractivity contribution in [2.24, 2.45) is 5.92 Å². The molecule has 0 aliphatic carbocycles. The van der Waals surface area contributed by atoms with Gasteiger partial charge in [0.2, 0.25) is 18.6 Å². The summed E-state index contributed by atoms with van der Waals surface area (Å²) in [4.78, 5) is 30.7. The van der Waals surface area contributed by atoms with E-state index >= 15 is 0 Å². The Kier molecular flexibility index (Phi) is 3.76. The molecule has 7 nitrogen and oxygen atoms in total. The zero-order valence-electron chi connectivity index (χ0n) is 13.7. The Morgan fingerprint density at radius 1 is 1.24 bits per heavy atom. The molecule has 1 aromatic carbocycles. The number of carbonyl (C=O) groups excluding carboxylic acids is 2. The monoisotopic (exact) mass is 339 g/mol. The molecule has 2 aromatic rings. The highest BCUT2D eigenvalue weighted by atomic mass is 16.7. The second kappa shape index (κ2) is 6.08. The normalized spacial score (nSPS) is 18.5. The molecule has 1 atom stereocenters. The van der Waals surface area contributed by atoms with Gasteiger partial charge in [-0.2, -0.15) is 0 Å². The van der Waals surface area contributed by atoms with Crippen molar-refractivity contribution < 1.29 is 19.1 Å². The number of pyridine rings is 1. The minimum atomic E-state index is -0.416. The van der Waals surface area contributed by atoms with Gasteiger partial charge >= 0.3 is 0 Å². The first-order chi connectivity index (χ1) is 12.1. The number of hydrogen-bond acceptors (Lipinski definition) is 5. The molecule has 2 aliphatic heterocycles. The Morgan fingerprint density at radius 3 is 2.92 bits per heavy atom. The molecule has 25 heavy (non-hydrogen) atoms. The summed E-state index contributed by atoms with van der Waals surface area (Å²) < 4.78 is 10.6. The number of rotatable bonds is 3. The van der Waals surface area contributed by atoms with E-state index in [0.29, 0.717) is 29.5 Å². The van der Waals surface area contributed by atoms with E-state index in [0.717, 1.165) is 5.69 Å². The standard InChI is InChI=1S/C18H17N3O4/c1-11-3-2-4-16(19-11)20-18(23)12-7-17(22)21(9-12)13-5-6-14-15(8-13)25-10-24-14/h2-6,8,12H,7,9-10H2,1H3,(H,19,20,23)/t12-/m0/s1. The minimum Gasteiger partial charge on any atom is -0.454 e. The first-order valence-corrected chi connectivity index (χ1v) is 8.05. The molecular weight excluding hydrogens is 322 g/mol. The SMILES string of the molecule is Cc1cccc(NC(=O)[C@H]2CC(=O)N(c3ccc4c(c3)OCO4)C2)n1. The van der Waals surface area contributed by atoms with Crippen LogP contribution in [0.3, 0.4) is 0 Å². The fourth-order valence-corrected chi connectivity index (χ4v) is 3.03. The Labute approximate surface area is 144 Å². The molecule has 0 saturated carbocycles. The van der Waals surface area contributed by atoms with E-state index in [1.807, 2.05) is 19.1 Å². The lowest BCUT2D eigenvalue weighted by atomic mass is 10.1. The molecule has 7 heteroatoms. The number of hydrogen-bond donors (Lipinski definition) is 1. The molecule has 2 aliphatic rings. The summed E-state index contributed by atoms with van der Waals surface area (Å²) in [6, 6.07) is 10.8. The lowest BCUT2D eigenvalue weighted by Gasteiger charge is -2.17. The van der Waals surface area contributed by atoms with Gasteiger partial charge in [0, 0.05) is 30.4 Å². The van der Waals surface area contributed by atoms with Crippen molar-refractivity contribution in [1.29, 1.82) is 0 Å². The summed E-state index contributed by atoms with van der Waals surface area (Å²) in [7, 11) is 0. The van der Waals surface area contributed by atoms with Crippen LogP contribution in [-0.2, 0) is 9.59 Å². The van der Waals surface area contributed by atoms with E-state index in [-0.39, 0.29) is 25.0 Å². The molecule has 0 radical (unpaired) electrons. The minimum absolute atomic E-state index is 0.0868. The third-order valence-electron chi connectivity index (χ3n) is 4.30. The van der Waals surface area contributed by atoms with Crippen molar-refractivity contribution >= 4 is 23.3 Å². The van der Waals surface area contributed by atoms with Crippen LogP contribution in [0.2, 0.25) is 0 Å². The van der Waals surface area contributed by atoms with Gasteiger partial charge in [0.15, 0.2) is 11.5 Å². The number of amides is 2. The molecule has 0 unspecified atom stereocenters. The van der Waals surface area contributed by atoms with Crippen molar-refractivity contribution in [3.63, 3.8) is 0 Å². The van der Waals surface area contributed by atoms with Crippen molar-refractivity contribution in [2.45, 2.75) is 13.3 Å². The molecule has 1 fully saturated rings. The van der Waals surface area contributed by atoms with Gasteiger partial charge < -0.3 is 19.7 Å². The van der Waals surface area contributed by atoms with Crippen LogP contribution in [0.5, 0.6) is 11.5 Å². The van der Waals surface area contributed by atoms with Gasteiger partial charge in [-0.05, 0) is 31.2 Å². The van der Waals surface area contributed by atoms with Crippen LogP contribution in [-0.4, -0.2) is 30.1 Å². The van der Waals surface area contributed by atoms with Crippen molar-refractivity contribution in [3.8, 4) is 11.5 Å². The predicted molar refractivity (Wildman–Crippen MR) is 90.6 cm³/mol. The number of benzene rings is 1. The highest BCUT2D eigenvalue weighted by Crippen LogP contribution is 2.37. The van der Waals surface area contributed by atoms with Gasteiger partial charge in [-0.15, -0.1) is 0 Å². The first-order valence-electron chi connectivity index (χ1n) is 8.05. The van der Waals surface area contributed by atoms with E-state index in [4.69, 9.17) is 9.47 Å². The molecule has 1 aromatic heterocycles. The molecule has 4 rings (SSSR count). The molecule has 2 amide bonds. The number of nitrogens with zero attached hydrogens (tertiary/aromatic N) is 2. The van der Waals surface area contributed by atoms with Gasteiger partial charge in [-0.1, -0.05) is 6.07 Å². The average molecular weight is 339 g/mol. The van der Waals surface area contributed by atoms with Gasteiger partial charge in [-0.25, -0.2) is 4.98 Å². The fourth-order valence-electron chi connectivity index (χ4n) is 3.03. The lowest BCUT2D eigenvalue weighted by molar-refractivity contribution is -0.122. The van der Waals surface area contributed by atoms with Crippen LogP contribution in [0, 0.1) is 12.8 Å². The van der Waals surface area contributed by atoms with Crippen molar-refractivity contribution in [3.05, 3.63) is 42.1 Å². The Morgan fingerprint density at radius 2 is 2.08 bits per heavy atom. The van der Waals surface area contributed by atoms with Gasteiger partial charge in [0.25, 0.3) is 0 Å². The second-order valence-electron chi connectivity index (χ2n) is 6.10. The first kappa shape index (κ1) is 15.4. The number of fused-ring (bicyclic) bond motifs is 1. The molecule has 128 valence electrons. The summed E-state index contributed by atoms with van der Waals surface area (Å²) in [5.74, 6) is 1.07. The highest BCUT2D eigenvalue weighted by Gasteiger charge is 2.35. The highest BCUT2D eigenvalue weighted by molar-refractivity contribution is 6.03. The quantitative estimate of drug-likeness (QED) is 0.926. The summed E-state index contributed by atoms with van der Waals surface area (Å²) in [5.41, 5.74) is 1.53. The van der Waals surface area contributed by atoms with Crippen LogP contribution in [0.4, 0.5) is 11.5 Å². The summed E-state index contributed by atoms with van der Waals surface area (Å²) >= 11 is 0. The van der Waals surface area contributed by atoms with Gasteiger partial charge in [-0.3, -0.25) is 9.59 Å². The summed E-state index contributed by atoms with van der Waals surface area (Å²) in [5, 5.41) is 2.79. The number of carbonyl (C=O) groups is 2. The zero-order valence-corrected chi connectivity index (χ0v) is 13.7. The molecule has 1 N–H and O–H groups in total. The molecule has 1 saturated heterocycles. The number of ether oxygens (including phenoxy) is 2. The average Bonchev–Trinajstić information content (AvgIpc) is 3.20. The number of nitrogens with one attached hydrogen (secondary N) is 1. The van der Waals surface area contributed by atoms with E-state index < -0.39 is 5.92 Å². The fraction of sp³-hybridized carbons (Fsp3) is 0.278. The van der Waals surface area contributed by atoms with Crippen molar-refractivity contribution in [1.82, 2.24) is 4.98 Å².